The quantitative estimate of drug-likeness (QED) is 0.0828. The van der Waals surface area contributed by atoms with Gasteiger partial charge in [0.2, 0.25) is 14.8 Å². The van der Waals surface area contributed by atoms with E-state index in [1.807, 2.05) is 12.1 Å². The van der Waals surface area contributed by atoms with E-state index < -0.39 is 6.09 Å². The zero-order valence-corrected chi connectivity index (χ0v) is 18.2. The van der Waals surface area contributed by atoms with Crippen molar-refractivity contribution in [1.29, 1.82) is 0 Å². The predicted molar refractivity (Wildman–Crippen MR) is 129 cm³/mol. The second-order valence-electron chi connectivity index (χ2n) is 5.69. The van der Waals surface area contributed by atoms with Gasteiger partial charge in [0.1, 0.15) is 0 Å². The van der Waals surface area contributed by atoms with Crippen LogP contribution in [-0.2, 0) is 14.5 Å². The van der Waals surface area contributed by atoms with Gasteiger partial charge in [-0.2, -0.15) is 4.89 Å². The van der Waals surface area contributed by atoms with Crippen molar-refractivity contribution in [2.24, 2.45) is 0 Å². The van der Waals surface area contributed by atoms with E-state index in [2.05, 4.69) is 31.8 Å². The Kier molecular flexibility index (Phi) is 10.3. The summed E-state index contributed by atoms with van der Waals surface area (Å²) in [5, 5.41) is 17.3. The van der Waals surface area contributed by atoms with Crippen LogP contribution in [0.2, 0.25) is 0 Å². The number of rotatable bonds is 9. The highest BCUT2D eigenvalue weighted by atomic mass is 32.1. The van der Waals surface area contributed by atoms with Crippen LogP contribution in [0.4, 0.5) is 27.5 Å². The van der Waals surface area contributed by atoms with Crippen LogP contribution in [-0.4, -0.2) is 44.9 Å². The molecule has 10 nitrogen and oxygen atoms in total. The number of carbonyl (C=O) groups excluding carboxylic acids is 1. The molecule has 0 aliphatic carbocycles. The summed E-state index contributed by atoms with van der Waals surface area (Å²) in [4.78, 5) is 21.5. The molecule has 2 rings (SSSR count). The van der Waals surface area contributed by atoms with E-state index in [4.69, 9.17) is 46.9 Å². The van der Waals surface area contributed by atoms with Crippen molar-refractivity contribution >= 4 is 71.5 Å². The molecule has 0 saturated heterocycles. The van der Waals surface area contributed by atoms with Gasteiger partial charge in [0, 0.05) is 29.8 Å². The molecule has 0 bridgehead atoms. The van der Waals surface area contributed by atoms with Crippen LogP contribution in [0, 0.1) is 0 Å². The maximum absolute atomic E-state index is 11.7. The van der Waals surface area contributed by atoms with Gasteiger partial charge in [-0.15, -0.1) is 0 Å². The van der Waals surface area contributed by atoms with Gasteiger partial charge in [0.25, 0.3) is 0 Å². The molecule has 31 heavy (non-hydrogen) atoms. The normalized spacial score (nSPS) is 9.84. The van der Waals surface area contributed by atoms with Gasteiger partial charge in [0.05, 0.1) is 0 Å². The van der Waals surface area contributed by atoms with Crippen molar-refractivity contribution in [3.05, 3.63) is 48.5 Å². The first kappa shape index (κ1) is 24.1. The predicted octanol–water partition coefficient (Wildman–Crippen LogP) is 2.50. The van der Waals surface area contributed by atoms with Gasteiger partial charge >= 0.3 is 6.09 Å². The molecule has 0 fully saturated rings. The van der Waals surface area contributed by atoms with E-state index in [0.717, 1.165) is 17.1 Å². The molecular weight excluding hydrogens is 439 g/mol. The van der Waals surface area contributed by atoms with Crippen molar-refractivity contribution in [3.63, 3.8) is 0 Å². The minimum atomic E-state index is -0.684. The van der Waals surface area contributed by atoms with Crippen molar-refractivity contribution in [1.82, 2.24) is 10.5 Å². The van der Waals surface area contributed by atoms with Gasteiger partial charge in [-0.3, -0.25) is 5.32 Å². The first-order valence-electron chi connectivity index (χ1n) is 8.88. The Balaban J connectivity index is 1.58. The smallest absolute Gasteiger partial charge is 0.413 e. The molecule has 0 aliphatic rings. The Hall–Kier alpha value is -3.13. The van der Waals surface area contributed by atoms with Crippen LogP contribution < -0.4 is 31.8 Å². The molecule has 2 radical (unpaired) electrons. The molecule has 2 aromatic rings. The number of hydrogen-bond donors (Lipinski definition) is 6. The highest BCUT2D eigenvalue weighted by Gasteiger charge is 2.04. The lowest BCUT2D eigenvalue weighted by Crippen LogP contribution is -2.25. The summed E-state index contributed by atoms with van der Waals surface area (Å²) in [5.41, 5.74) is 2.89. The Morgan fingerprint density at radius 1 is 0.839 bits per heavy atom. The molecule has 1 amide bonds. The third-order valence-electron chi connectivity index (χ3n) is 3.55. The van der Waals surface area contributed by atoms with Crippen molar-refractivity contribution in [3.8, 4) is 0 Å². The van der Waals surface area contributed by atoms with Crippen LogP contribution in [0.15, 0.2) is 48.5 Å². The van der Waals surface area contributed by atoms with Gasteiger partial charge in [-0.1, -0.05) is 0 Å². The summed E-state index contributed by atoms with van der Waals surface area (Å²) in [6, 6.07) is 14.1. The van der Waals surface area contributed by atoms with Crippen molar-refractivity contribution < 1.29 is 19.3 Å². The number of hydrogen-bond acceptors (Lipinski definition) is 7. The maximum Gasteiger partial charge on any atom is 0.413 e. The Morgan fingerprint density at radius 2 is 1.35 bits per heavy atom. The van der Waals surface area contributed by atoms with E-state index in [1.165, 1.54) is 0 Å². The van der Waals surface area contributed by atoms with Crippen LogP contribution in [0.1, 0.15) is 0 Å². The maximum atomic E-state index is 11.7. The molecular formula is C18H21BN6O4S2. The lowest BCUT2D eigenvalue weighted by molar-refractivity contribution is -0.322. The van der Waals surface area contributed by atoms with E-state index in [-0.39, 0.29) is 13.5 Å². The zero-order chi connectivity index (χ0) is 22.5. The lowest BCUT2D eigenvalue weighted by atomic mass is 10.3. The number of nitrogens with one attached hydrogen (secondary N) is 6. The largest absolute Gasteiger partial charge is 0.419 e. The monoisotopic (exact) mass is 460 g/mol. The Morgan fingerprint density at radius 3 is 1.90 bits per heavy atom. The van der Waals surface area contributed by atoms with Crippen LogP contribution in [0.5, 0.6) is 0 Å². The highest BCUT2D eigenvalue weighted by molar-refractivity contribution is 7.80. The minimum Gasteiger partial charge on any atom is -0.419 e. The summed E-state index contributed by atoms with van der Waals surface area (Å²) in [6.07, 6.45) is -0.684. The standard InChI is InChI=1S/C18H21BN6O4S2/c1-20-16(30)22-13-6-8-15(9-7-13)24-18(26)27-11-29-28-10-21-12-2-4-14(5-3-12)23-17(31)25-19/h2-9,21H,10-11H2,1H3,(H,24,26)(H2,20,22,30)(H2,23,25,31). The first-order chi connectivity index (χ1) is 15.0. The number of thiocarbonyl (C=S) groups is 2. The van der Waals surface area contributed by atoms with Gasteiger partial charge in [-0.25, -0.2) is 9.68 Å². The molecule has 0 atom stereocenters. The molecule has 0 aromatic heterocycles. The molecule has 0 spiro atoms. The van der Waals surface area contributed by atoms with Crippen LogP contribution in [0.25, 0.3) is 0 Å². The summed E-state index contributed by atoms with van der Waals surface area (Å²) >= 11 is 9.92. The molecule has 13 heteroatoms. The van der Waals surface area contributed by atoms with E-state index in [0.29, 0.717) is 15.9 Å². The average Bonchev–Trinajstić information content (AvgIpc) is 2.78. The minimum absolute atomic E-state index is 0.0451. The summed E-state index contributed by atoms with van der Waals surface area (Å²) in [7, 11) is 6.92. The molecule has 0 unspecified atom stereocenters. The summed E-state index contributed by atoms with van der Waals surface area (Å²) in [6.45, 7) is -0.334. The van der Waals surface area contributed by atoms with E-state index in [1.54, 1.807) is 43.4 Å². The van der Waals surface area contributed by atoms with Gasteiger partial charge in [0.15, 0.2) is 17.0 Å². The summed E-state index contributed by atoms with van der Waals surface area (Å²) < 4.78 is 4.87. The third kappa shape index (κ3) is 9.48. The highest BCUT2D eigenvalue weighted by Crippen LogP contribution is 2.14. The van der Waals surface area contributed by atoms with E-state index in [9.17, 15) is 4.79 Å². The molecule has 0 heterocycles. The second kappa shape index (κ2) is 13.2. The first-order valence-corrected chi connectivity index (χ1v) is 9.70. The zero-order valence-electron chi connectivity index (χ0n) is 16.6. The molecule has 6 N–H and O–H groups in total. The fourth-order valence-electron chi connectivity index (χ4n) is 2.09. The number of ether oxygens (including phenoxy) is 1. The second-order valence-corrected chi connectivity index (χ2v) is 6.51. The molecule has 0 saturated carbocycles. The number of amides is 1. The molecule has 0 aliphatic heterocycles. The van der Waals surface area contributed by atoms with Crippen molar-refractivity contribution in [2.45, 2.75) is 0 Å². The number of carbonyl (C=O) groups is 1. The SMILES string of the molecule is [B]NC(=S)Nc1ccc(NCOOCOC(=O)Nc2ccc(NC(=S)NC)cc2)cc1. The third-order valence-corrected chi connectivity index (χ3v) is 4.07. The fourth-order valence-corrected chi connectivity index (χ4v) is 2.32. The molecule has 2 aromatic carbocycles. The summed E-state index contributed by atoms with van der Waals surface area (Å²) in [5.74, 6) is 0. The van der Waals surface area contributed by atoms with Crippen LogP contribution >= 0.6 is 24.4 Å². The van der Waals surface area contributed by atoms with Gasteiger partial charge in [-0.05, 0) is 73.0 Å². The fraction of sp³-hybridized carbons (Fsp3) is 0.167. The number of anilines is 4. The molecule has 162 valence electrons. The average molecular weight is 460 g/mol. The lowest BCUT2D eigenvalue weighted by Gasteiger charge is -2.10. The van der Waals surface area contributed by atoms with Gasteiger partial charge < -0.3 is 31.2 Å². The van der Waals surface area contributed by atoms with Crippen molar-refractivity contribution in [2.75, 3.05) is 41.8 Å². The Labute approximate surface area is 191 Å². The van der Waals surface area contributed by atoms with Crippen LogP contribution in [0.3, 0.4) is 0 Å². The number of benzene rings is 2. The topological polar surface area (TPSA) is 117 Å². The van der Waals surface area contributed by atoms with E-state index >= 15 is 0 Å². The Bertz CT molecular complexity index is 870.